The number of H-pyrrole nitrogens is 2. The Bertz CT molecular complexity index is 1420. The molecule has 0 radical (unpaired) electrons. The number of halogens is 1. The maximum absolute atomic E-state index is 12.6. The number of rotatable bonds is 5. The van der Waals surface area contributed by atoms with Gasteiger partial charge in [-0.25, -0.2) is 13.2 Å². The molecule has 0 aliphatic carbocycles. The Hall–Kier alpha value is -2.82. The standard InChI is InChI=1S/C18H14ClN3O5S2/c1-2-27-18(24)11-8-20-16-15(11)10-7-9(3-4-12(10)21-17(16)23)22-29(25,26)14-6-5-13(19)28-14/h3-8,20,22H,2H2,1H3,(H,21,23). The van der Waals surface area contributed by atoms with Gasteiger partial charge in [0.15, 0.2) is 0 Å². The summed E-state index contributed by atoms with van der Waals surface area (Å²) in [6.07, 6.45) is 1.40. The van der Waals surface area contributed by atoms with Gasteiger partial charge in [0.25, 0.3) is 15.6 Å². The minimum atomic E-state index is -3.83. The molecule has 0 saturated carbocycles. The summed E-state index contributed by atoms with van der Waals surface area (Å²) in [6, 6.07) is 7.56. The summed E-state index contributed by atoms with van der Waals surface area (Å²) in [5.41, 5.74) is 0.722. The van der Waals surface area contributed by atoms with Crippen LogP contribution in [0.1, 0.15) is 17.3 Å². The van der Waals surface area contributed by atoms with E-state index < -0.39 is 21.6 Å². The predicted octanol–water partition coefficient (Wildman–Crippen LogP) is 3.70. The number of esters is 1. The number of carbonyl (C=O) groups is 1. The second-order valence-corrected chi connectivity index (χ2v) is 9.68. The number of aromatic amines is 2. The minimum absolute atomic E-state index is 0.0723. The van der Waals surface area contributed by atoms with Crippen LogP contribution in [-0.4, -0.2) is 31.0 Å². The highest BCUT2D eigenvalue weighted by atomic mass is 35.5. The molecule has 0 unspecified atom stereocenters. The number of fused-ring (bicyclic) bond motifs is 3. The predicted molar refractivity (Wildman–Crippen MR) is 113 cm³/mol. The van der Waals surface area contributed by atoms with Gasteiger partial charge in [0.05, 0.1) is 16.5 Å². The molecule has 0 aliphatic rings. The second-order valence-electron chi connectivity index (χ2n) is 6.05. The van der Waals surface area contributed by atoms with Crippen LogP contribution >= 0.6 is 22.9 Å². The molecule has 0 amide bonds. The third kappa shape index (κ3) is 3.50. The van der Waals surface area contributed by atoms with E-state index in [-0.39, 0.29) is 27.6 Å². The van der Waals surface area contributed by atoms with Gasteiger partial charge < -0.3 is 14.7 Å². The number of nitrogens with one attached hydrogen (secondary N) is 3. The average Bonchev–Trinajstić information content (AvgIpc) is 3.30. The third-order valence-corrected chi connectivity index (χ3v) is 7.31. The van der Waals surface area contributed by atoms with Crippen molar-refractivity contribution in [3.63, 3.8) is 0 Å². The molecule has 0 aliphatic heterocycles. The van der Waals surface area contributed by atoms with Gasteiger partial charge in [0.1, 0.15) is 9.73 Å². The Balaban J connectivity index is 1.87. The smallest absolute Gasteiger partial charge is 0.340 e. The SMILES string of the molecule is CCOC(=O)c1c[nH]c2c(=O)[nH]c3ccc(NS(=O)(=O)c4ccc(Cl)s4)cc3c12. The maximum Gasteiger partial charge on any atom is 0.340 e. The lowest BCUT2D eigenvalue weighted by molar-refractivity contribution is 0.0529. The summed E-state index contributed by atoms with van der Waals surface area (Å²) in [5, 5.41) is 0.857. The third-order valence-electron chi connectivity index (χ3n) is 4.21. The van der Waals surface area contributed by atoms with Gasteiger partial charge in [-0.05, 0) is 37.3 Å². The van der Waals surface area contributed by atoms with Crippen molar-refractivity contribution >= 4 is 66.4 Å². The fraction of sp³-hybridized carbons (Fsp3) is 0.111. The lowest BCUT2D eigenvalue weighted by atomic mass is 10.1. The first kappa shape index (κ1) is 19.5. The minimum Gasteiger partial charge on any atom is -0.462 e. The quantitative estimate of drug-likeness (QED) is 0.399. The van der Waals surface area contributed by atoms with Crippen LogP contribution in [0.3, 0.4) is 0 Å². The molecule has 0 saturated heterocycles. The summed E-state index contributed by atoms with van der Waals surface area (Å²) in [4.78, 5) is 30.1. The summed E-state index contributed by atoms with van der Waals surface area (Å²) in [7, 11) is -3.83. The maximum atomic E-state index is 12.6. The summed E-state index contributed by atoms with van der Waals surface area (Å²) >= 11 is 6.77. The number of hydrogen-bond donors (Lipinski definition) is 3. The molecule has 150 valence electrons. The number of ether oxygens (including phenoxy) is 1. The Morgan fingerprint density at radius 1 is 1.28 bits per heavy atom. The van der Waals surface area contributed by atoms with Crippen molar-refractivity contribution in [1.29, 1.82) is 0 Å². The van der Waals surface area contributed by atoms with Crippen molar-refractivity contribution in [3.05, 3.63) is 56.8 Å². The Kier molecular flexibility index (Phi) is 4.85. The van der Waals surface area contributed by atoms with Gasteiger partial charge in [-0.1, -0.05) is 11.6 Å². The number of hydrogen-bond acceptors (Lipinski definition) is 6. The number of sulfonamides is 1. The molecule has 0 spiro atoms. The fourth-order valence-electron chi connectivity index (χ4n) is 3.01. The van der Waals surface area contributed by atoms with E-state index >= 15 is 0 Å². The van der Waals surface area contributed by atoms with Gasteiger partial charge in [0.2, 0.25) is 0 Å². The van der Waals surface area contributed by atoms with E-state index in [0.29, 0.717) is 20.6 Å². The number of aromatic nitrogens is 2. The van der Waals surface area contributed by atoms with Gasteiger partial charge >= 0.3 is 5.97 Å². The lowest BCUT2D eigenvalue weighted by Crippen LogP contribution is -2.12. The highest BCUT2D eigenvalue weighted by molar-refractivity contribution is 7.94. The van der Waals surface area contributed by atoms with E-state index in [1.165, 1.54) is 24.4 Å². The van der Waals surface area contributed by atoms with Crippen LogP contribution in [0.4, 0.5) is 5.69 Å². The Morgan fingerprint density at radius 2 is 2.07 bits per heavy atom. The van der Waals surface area contributed by atoms with Crippen LogP contribution in [0.15, 0.2) is 45.5 Å². The van der Waals surface area contributed by atoms with E-state index in [9.17, 15) is 18.0 Å². The monoisotopic (exact) mass is 451 g/mol. The van der Waals surface area contributed by atoms with Crippen LogP contribution in [0, 0.1) is 0 Å². The molecule has 4 aromatic rings. The van der Waals surface area contributed by atoms with Crippen molar-refractivity contribution in [3.8, 4) is 0 Å². The molecule has 4 rings (SSSR count). The van der Waals surface area contributed by atoms with Crippen molar-refractivity contribution in [2.75, 3.05) is 11.3 Å². The van der Waals surface area contributed by atoms with Crippen molar-refractivity contribution in [2.24, 2.45) is 0 Å². The normalized spacial score (nSPS) is 11.8. The molecular formula is C18H14ClN3O5S2. The van der Waals surface area contributed by atoms with Gasteiger partial charge in [-0.15, -0.1) is 11.3 Å². The summed E-state index contributed by atoms with van der Waals surface area (Å²) in [5.74, 6) is -0.579. The number of carbonyl (C=O) groups excluding carboxylic acids is 1. The van der Waals surface area contributed by atoms with Crippen LogP contribution in [-0.2, 0) is 14.8 Å². The van der Waals surface area contributed by atoms with E-state index in [2.05, 4.69) is 14.7 Å². The average molecular weight is 452 g/mol. The lowest BCUT2D eigenvalue weighted by Gasteiger charge is -2.09. The number of anilines is 1. The second kappa shape index (κ2) is 7.21. The number of pyridine rings is 1. The van der Waals surface area contributed by atoms with Crippen LogP contribution in [0.2, 0.25) is 4.34 Å². The van der Waals surface area contributed by atoms with Crippen molar-refractivity contribution in [1.82, 2.24) is 9.97 Å². The first-order valence-electron chi connectivity index (χ1n) is 8.42. The van der Waals surface area contributed by atoms with Gasteiger partial charge in [-0.2, -0.15) is 0 Å². The zero-order chi connectivity index (χ0) is 20.8. The highest BCUT2D eigenvalue weighted by Crippen LogP contribution is 2.30. The summed E-state index contributed by atoms with van der Waals surface area (Å²) < 4.78 is 33.1. The molecule has 3 heterocycles. The van der Waals surface area contributed by atoms with E-state index in [4.69, 9.17) is 16.3 Å². The summed E-state index contributed by atoms with van der Waals surface area (Å²) in [6.45, 7) is 1.86. The Labute approximate surface area is 173 Å². The molecule has 29 heavy (non-hydrogen) atoms. The fourth-order valence-corrected chi connectivity index (χ4v) is 5.54. The largest absolute Gasteiger partial charge is 0.462 e. The zero-order valence-electron chi connectivity index (χ0n) is 14.9. The molecular weight excluding hydrogens is 438 g/mol. The van der Waals surface area contributed by atoms with Crippen LogP contribution in [0.5, 0.6) is 0 Å². The van der Waals surface area contributed by atoms with E-state index in [1.807, 2.05) is 0 Å². The molecule has 0 atom stereocenters. The molecule has 11 heteroatoms. The van der Waals surface area contributed by atoms with Crippen molar-refractivity contribution in [2.45, 2.75) is 11.1 Å². The number of benzene rings is 1. The Morgan fingerprint density at radius 3 is 2.76 bits per heavy atom. The molecule has 3 aromatic heterocycles. The van der Waals surface area contributed by atoms with Crippen LogP contribution in [0.25, 0.3) is 21.8 Å². The van der Waals surface area contributed by atoms with Gasteiger partial charge in [0, 0.05) is 28.2 Å². The molecule has 0 fully saturated rings. The van der Waals surface area contributed by atoms with E-state index in [1.54, 1.807) is 19.1 Å². The zero-order valence-corrected chi connectivity index (χ0v) is 17.3. The van der Waals surface area contributed by atoms with E-state index in [0.717, 1.165) is 11.3 Å². The highest BCUT2D eigenvalue weighted by Gasteiger charge is 2.20. The first-order chi connectivity index (χ1) is 13.8. The van der Waals surface area contributed by atoms with Crippen molar-refractivity contribution < 1.29 is 17.9 Å². The first-order valence-corrected chi connectivity index (χ1v) is 11.1. The molecule has 0 bridgehead atoms. The molecule has 8 nitrogen and oxygen atoms in total. The topological polar surface area (TPSA) is 121 Å². The molecule has 1 aromatic carbocycles. The molecule has 3 N–H and O–H groups in total. The number of thiophene rings is 1. The van der Waals surface area contributed by atoms with Gasteiger partial charge in [-0.3, -0.25) is 9.52 Å². The van der Waals surface area contributed by atoms with Crippen LogP contribution < -0.4 is 10.3 Å².